The second-order valence-corrected chi connectivity index (χ2v) is 5.74. The molecule has 0 aliphatic carbocycles. The fourth-order valence-corrected chi connectivity index (χ4v) is 2.81. The molecule has 2 rings (SSSR count). The first-order chi connectivity index (χ1) is 8.88. The quantitative estimate of drug-likeness (QED) is 0.627. The highest BCUT2D eigenvalue weighted by molar-refractivity contribution is 7.98. The van der Waals surface area contributed by atoms with Crippen LogP contribution in [0.1, 0.15) is 25.7 Å². The first-order valence-electron chi connectivity index (χ1n) is 6.86. The van der Waals surface area contributed by atoms with Gasteiger partial charge in [-0.25, -0.2) is 0 Å². The van der Waals surface area contributed by atoms with Crippen molar-refractivity contribution in [3.63, 3.8) is 0 Å². The Bertz CT molecular complexity index is 333. The van der Waals surface area contributed by atoms with Crippen molar-refractivity contribution in [1.29, 1.82) is 0 Å². The van der Waals surface area contributed by atoms with E-state index in [1.165, 1.54) is 43.7 Å². The minimum absolute atomic E-state index is 0.850. The van der Waals surface area contributed by atoms with Crippen LogP contribution in [0.3, 0.4) is 0 Å². The summed E-state index contributed by atoms with van der Waals surface area (Å²) in [6, 6.07) is 8.37. The number of piperidine rings is 1. The molecule has 1 heterocycles. The lowest BCUT2D eigenvalue weighted by Crippen LogP contribution is -2.27. The Morgan fingerprint density at radius 2 is 1.94 bits per heavy atom. The Kier molecular flexibility index (Phi) is 5.88. The molecule has 18 heavy (non-hydrogen) atoms. The maximum absolute atomic E-state index is 5.77. The third kappa shape index (κ3) is 4.54. The van der Waals surface area contributed by atoms with E-state index in [0.717, 1.165) is 18.3 Å². The molecule has 0 atom stereocenters. The lowest BCUT2D eigenvalue weighted by molar-refractivity contribution is 0.273. The SMILES string of the molecule is CSc1ccc(OCCCC2CCNCC2)cc1. The maximum Gasteiger partial charge on any atom is 0.119 e. The highest BCUT2D eigenvalue weighted by Crippen LogP contribution is 2.20. The van der Waals surface area contributed by atoms with Crippen LogP contribution in [0.15, 0.2) is 29.2 Å². The first-order valence-corrected chi connectivity index (χ1v) is 8.08. The number of benzene rings is 1. The standard InChI is InChI=1S/C15H23NOS/c1-18-15-6-4-14(5-7-15)17-12-2-3-13-8-10-16-11-9-13/h4-7,13,16H,2-3,8-12H2,1H3. The minimum Gasteiger partial charge on any atom is -0.494 e. The first kappa shape index (κ1) is 13.8. The lowest BCUT2D eigenvalue weighted by atomic mass is 9.93. The monoisotopic (exact) mass is 265 g/mol. The molecule has 0 aromatic heterocycles. The van der Waals surface area contributed by atoms with Crippen molar-refractivity contribution < 1.29 is 4.74 Å². The predicted octanol–water partition coefficient (Wildman–Crippen LogP) is 3.57. The fraction of sp³-hybridized carbons (Fsp3) is 0.600. The van der Waals surface area contributed by atoms with Gasteiger partial charge in [0.25, 0.3) is 0 Å². The molecule has 1 aliphatic rings. The Hall–Kier alpha value is -0.670. The number of nitrogens with one attached hydrogen (secondary N) is 1. The molecule has 0 saturated carbocycles. The summed E-state index contributed by atoms with van der Waals surface area (Å²) in [5.74, 6) is 1.91. The molecule has 100 valence electrons. The van der Waals surface area contributed by atoms with Crippen LogP contribution in [-0.2, 0) is 0 Å². The Labute approximate surface area is 114 Å². The van der Waals surface area contributed by atoms with E-state index in [-0.39, 0.29) is 0 Å². The van der Waals surface area contributed by atoms with Crippen molar-refractivity contribution >= 4 is 11.8 Å². The van der Waals surface area contributed by atoms with Gasteiger partial charge < -0.3 is 10.1 Å². The molecule has 0 radical (unpaired) electrons. The second kappa shape index (κ2) is 7.70. The Balaban J connectivity index is 1.62. The van der Waals surface area contributed by atoms with Gasteiger partial charge in [0.1, 0.15) is 5.75 Å². The van der Waals surface area contributed by atoms with Gasteiger partial charge in [0.05, 0.1) is 6.61 Å². The van der Waals surface area contributed by atoms with Gasteiger partial charge in [0.2, 0.25) is 0 Å². The smallest absolute Gasteiger partial charge is 0.119 e. The van der Waals surface area contributed by atoms with Crippen LogP contribution in [-0.4, -0.2) is 26.0 Å². The predicted molar refractivity (Wildman–Crippen MR) is 78.5 cm³/mol. The molecule has 1 saturated heterocycles. The molecular formula is C15H23NOS. The van der Waals surface area contributed by atoms with E-state index in [0.29, 0.717) is 0 Å². The van der Waals surface area contributed by atoms with E-state index in [1.54, 1.807) is 11.8 Å². The van der Waals surface area contributed by atoms with E-state index in [1.807, 2.05) is 0 Å². The molecule has 1 fully saturated rings. The van der Waals surface area contributed by atoms with Gasteiger partial charge in [-0.15, -0.1) is 11.8 Å². The summed E-state index contributed by atoms with van der Waals surface area (Å²) in [5.41, 5.74) is 0. The number of hydrogen-bond acceptors (Lipinski definition) is 3. The summed E-state index contributed by atoms with van der Waals surface area (Å²) >= 11 is 1.76. The van der Waals surface area contributed by atoms with Crippen LogP contribution >= 0.6 is 11.8 Å². The normalized spacial score (nSPS) is 16.7. The van der Waals surface area contributed by atoms with Gasteiger partial charge in [-0.05, 0) is 75.2 Å². The summed E-state index contributed by atoms with van der Waals surface area (Å²) in [6.07, 6.45) is 7.25. The van der Waals surface area contributed by atoms with E-state index in [4.69, 9.17) is 4.74 Å². The van der Waals surface area contributed by atoms with Crippen molar-refractivity contribution in [3.05, 3.63) is 24.3 Å². The number of hydrogen-bond donors (Lipinski definition) is 1. The van der Waals surface area contributed by atoms with Gasteiger partial charge in [-0.3, -0.25) is 0 Å². The van der Waals surface area contributed by atoms with Crippen molar-refractivity contribution in [2.75, 3.05) is 26.0 Å². The second-order valence-electron chi connectivity index (χ2n) is 4.86. The topological polar surface area (TPSA) is 21.3 Å². The average molecular weight is 265 g/mol. The van der Waals surface area contributed by atoms with Crippen LogP contribution < -0.4 is 10.1 Å². The fourth-order valence-electron chi connectivity index (χ4n) is 2.40. The zero-order valence-corrected chi connectivity index (χ0v) is 12.0. The Morgan fingerprint density at radius 1 is 1.22 bits per heavy atom. The zero-order chi connectivity index (χ0) is 12.6. The van der Waals surface area contributed by atoms with Crippen molar-refractivity contribution in [3.8, 4) is 5.75 Å². The van der Waals surface area contributed by atoms with Gasteiger partial charge in [0, 0.05) is 4.90 Å². The zero-order valence-electron chi connectivity index (χ0n) is 11.2. The highest BCUT2D eigenvalue weighted by Gasteiger charge is 2.12. The largest absolute Gasteiger partial charge is 0.494 e. The van der Waals surface area contributed by atoms with E-state index >= 15 is 0 Å². The molecule has 2 nitrogen and oxygen atoms in total. The molecule has 1 aromatic carbocycles. The number of thioether (sulfide) groups is 1. The summed E-state index contributed by atoms with van der Waals surface area (Å²) in [7, 11) is 0. The molecule has 3 heteroatoms. The molecule has 0 unspecified atom stereocenters. The lowest BCUT2D eigenvalue weighted by Gasteiger charge is -2.22. The van der Waals surface area contributed by atoms with E-state index < -0.39 is 0 Å². The minimum atomic E-state index is 0.850. The average Bonchev–Trinajstić information content (AvgIpc) is 2.45. The molecule has 0 spiro atoms. The van der Waals surface area contributed by atoms with Crippen molar-refractivity contribution in [2.24, 2.45) is 5.92 Å². The molecule has 1 aliphatic heterocycles. The van der Waals surface area contributed by atoms with Gasteiger partial charge >= 0.3 is 0 Å². The van der Waals surface area contributed by atoms with Crippen LogP contribution in [0.4, 0.5) is 0 Å². The molecular weight excluding hydrogens is 242 g/mol. The highest BCUT2D eigenvalue weighted by atomic mass is 32.2. The maximum atomic E-state index is 5.77. The van der Waals surface area contributed by atoms with Crippen LogP contribution in [0.2, 0.25) is 0 Å². The van der Waals surface area contributed by atoms with Crippen LogP contribution in [0.5, 0.6) is 5.75 Å². The van der Waals surface area contributed by atoms with Gasteiger partial charge in [-0.2, -0.15) is 0 Å². The molecule has 0 amide bonds. The summed E-state index contributed by atoms with van der Waals surface area (Å²) < 4.78 is 5.77. The number of ether oxygens (including phenoxy) is 1. The summed E-state index contributed by atoms with van der Waals surface area (Å²) in [4.78, 5) is 1.29. The molecule has 1 aromatic rings. The number of rotatable bonds is 6. The van der Waals surface area contributed by atoms with Crippen LogP contribution in [0, 0.1) is 5.92 Å². The molecule has 1 N–H and O–H groups in total. The van der Waals surface area contributed by atoms with Crippen molar-refractivity contribution in [1.82, 2.24) is 5.32 Å². The van der Waals surface area contributed by atoms with Gasteiger partial charge in [-0.1, -0.05) is 0 Å². The van der Waals surface area contributed by atoms with Gasteiger partial charge in [0.15, 0.2) is 0 Å². The van der Waals surface area contributed by atoms with E-state index in [9.17, 15) is 0 Å². The molecule has 0 bridgehead atoms. The Morgan fingerprint density at radius 3 is 2.61 bits per heavy atom. The third-order valence-corrected chi connectivity index (χ3v) is 4.29. The van der Waals surface area contributed by atoms with Crippen LogP contribution in [0.25, 0.3) is 0 Å². The van der Waals surface area contributed by atoms with Crippen molar-refractivity contribution in [2.45, 2.75) is 30.6 Å². The summed E-state index contributed by atoms with van der Waals surface area (Å²) in [5, 5.41) is 3.41. The third-order valence-electron chi connectivity index (χ3n) is 3.54. The van der Waals surface area contributed by atoms with E-state index in [2.05, 4.69) is 35.8 Å². The summed E-state index contributed by atoms with van der Waals surface area (Å²) in [6.45, 7) is 3.24.